The zero-order valence-corrected chi connectivity index (χ0v) is 14.9. The molecule has 0 heterocycles. The molecule has 0 spiro atoms. The van der Waals surface area contributed by atoms with Gasteiger partial charge >= 0.3 is 0 Å². The first kappa shape index (κ1) is 19.5. The average Bonchev–Trinajstić information content (AvgIpc) is 3.01. The van der Waals surface area contributed by atoms with E-state index in [1.165, 1.54) is 25.7 Å². The van der Waals surface area contributed by atoms with E-state index in [1.54, 1.807) is 32.2 Å². The lowest BCUT2D eigenvalue weighted by Gasteiger charge is -2.30. The van der Waals surface area contributed by atoms with Gasteiger partial charge in [-0.15, -0.1) is 6.58 Å². The van der Waals surface area contributed by atoms with Gasteiger partial charge in [0.25, 0.3) is 0 Å². The maximum Gasteiger partial charge on any atom is 0.243 e. The number of rotatable bonds is 9. The number of hydrogen-bond acceptors (Lipinski definition) is 3. The number of amides is 1. The first-order chi connectivity index (χ1) is 11.0. The molecule has 0 aliphatic heterocycles. The third-order valence-electron chi connectivity index (χ3n) is 4.42. The molecule has 1 fully saturated rings. The summed E-state index contributed by atoms with van der Waals surface area (Å²) in [5.41, 5.74) is 0.276. The fraction of sp³-hybridized carbons (Fsp3) is 0.765. The van der Waals surface area contributed by atoms with Gasteiger partial charge in [-0.25, -0.2) is 4.99 Å². The van der Waals surface area contributed by atoms with Crippen molar-refractivity contribution in [3.63, 3.8) is 0 Å². The second-order valence-corrected chi connectivity index (χ2v) is 6.43. The summed E-state index contributed by atoms with van der Waals surface area (Å²) >= 11 is 0. The van der Waals surface area contributed by atoms with E-state index in [-0.39, 0.29) is 17.9 Å². The Morgan fingerprint density at radius 1 is 1.35 bits per heavy atom. The van der Waals surface area contributed by atoms with Gasteiger partial charge in [-0.1, -0.05) is 18.9 Å². The zero-order valence-electron chi connectivity index (χ0n) is 14.9. The highest BCUT2D eigenvalue weighted by Crippen LogP contribution is 2.40. The Hall–Kier alpha value is -1.56. The van der Waals surface area contributed by atoms with Crippen molar-refractivity contribution >= 4 is 11.9 Å². The maximum absolute atomic E-state index is 11.7. The third kappa shape index (κ3) is 7.03. The normalized spacial score (nSPS) is 16.9. The Labute approximate surface area is 140 Å². The fourth-order valence-corrected chi connectivity index (χ4v) is 2.86. The summed E-state index contributed by atoms with van der Waals surface area (Å²) in [6.07, 6.45) is 7.82. The minimum atomic E-state index is -0.0142. The monoisotopic (exact) mass is 324 g/mol. The molecule has 0 radical (unpaired) electrons. The molecule has 1 saturated carbocycles. The van der Waals surface area contributed by atoms with Crippen LogP contribution < -0.4 is 10.6 Å². The molecule has 0 unspecified atom stereocenters. The molecule has 1 rings (SSSR count). The Morgan fingerprint density at radius 2 is 2.04 bits per heavy atom. The lowest BCUT2D eigenvalue weighted by molar-refractivity contribution is -0.127. The van der Waals surface area contributed by atoms with Gasteiger partial charge in [-0.3, -0.25) is 4.79 Å². The molecule has 0 bridgehead atoms. The van der Waals surface area contributed by atoms with Crippen molar-refractivity contribution in [3.8, 4) is 0 Å². The van der Waals surface area contributed by atoms with Gasteiger partial charge < -0.3 is 20.3 Å². The quantitative estimate of drug-likeness (QED) is 0.382. The van der Waals surface area contributed by atoms with Crippen LogP contribution in [0.25, 0.3) is 0 Å². The Balaban J connectivity index is 2.62. The second kappa shape index (κ2) is 10.3. The number of aliphatic imine (C=N–C) groups is 1. The second-order valence-electron chi connectivity index (χ2n) is 6.43. The number of likely N-dealkylation sites (N-methyl/N-ethyl adjacent to an activating group) is 1. The summed E-state index contributed by atoms with van der Waals surface area (Å²) in [5.74, 6) is 0.656. The molecule has 0 atom stereocenters. The molecule has 1 amide bonds. The predicted octanol–water partition coefficient (Wildman–Crippen LogP) is 1.39. The smallest absolute Gasteiger partial charge is 0.243 e. The van der Waals surface area contributed by atoms with E-state index >= 15 is 0 Å². The Morgan fingerprint density at radius 3 is 2.61 bits per heavy atom. The number of ether oxygens (including phenoxy) is 1. The van der Waals surface area contributed by atoms with Crippen LogP contribution in [0.5, 0.6) is 0 Å². The van der Waals surface area contributed by atoms with Gasteiger partial charge in [0.05, 0.1) is 0 Å². The van der Waals surface area contributed by atoms with E-state index in [0.717, 1.165) is 19.6 Å². The summed E-state index contributed by atoms with van der Waals surface area (Å²) in [7, 11) is 5.22. The van der Waals surface area contributed by atoms with E-state index < -0.39 is 0 Å². The zero-order chi connectivity index (χ0) is 17.1. The van der Waals surface area contributed by atoms with Crippen LogP contribution in [-0.4, -0.2) is 64.2 Å². The van der Waals surface area contributed by atoms with Crippen molar-refractivity contribution in [2.75, 3.05) is 47.4 Å². The minimum Gasteiger partial charge on any atom is -0.385 e. The predicted molar refractivity (Wildman–Crippen MR) is 94.6 cm³/mol. The van der Waals surface area contributed by atoms with Crippen LogP contribution >= 0.6 is 0 Å². The molecule has 2 N–H and O–H groups in total. The van der Waals surface area contributed by atoms with Gasteiger partial charge in [0.2, 0.25) is 5.91 Å². The Kier molecular flexibility index (Phi) is 8.69. The summed E-state index contributed by atoms with van der Waals surface area (Å²) in [6, 6.07) is 0. The van der Waals surface area contributed by atoms with Crippen LogP contribution in [0.15, 0.2) is 17.6 Å². The van der Waals surface area contributed by atoms with Crippen LogP contribution in [0.4, 0.5) is 0 Å². The number of nitrogens with one attached hydrogen (secondary N) is 2. The standard InChI is InChI=1S/C17H32N4O2/c1-5-11-18-16(19-13-15(22)21(2)3)20-14-17(10-12-23-4)8-6-7-9-17/h5H,1,6-14H2,2-4H3,(H2,18,19,20). The number of guanidine groups is 1. The molecule has 132 valence electrons. The number of carbonyl (C=O) groups excluding carboxylic acids is 1. The maximum atomic E-state index is 11.7. The summed E-state index contributed by atoms with van der Waals surface area (Å²) in [4.78, 5) is 17.6. The highest BCUT2D eigenvalue weighted by Gasteiger charge is 2.33. The molecule has 0 aromatic rings. The van der Waals surface area contributed by atoms with E-state index in [0.29, 0.717) is 12.5 Å². The number of methoxy groups -OCH3 is 1. The lowest BCUT2D eigenvalue weighted by atomic mass is 9.83. The molecule has 1 aliphatic carbocycles. The summed E-state index contributed by atoms with van der Waals surface area (Å²) in [5, 5.41) is 6.59. The molecule has 1 aliphatic rings. The van der Waals surface area contributed by atoms with E-state index in [1.807, 2.05) is 0 Å². The van der Waals surface area contributed by atoms with Gasteiger partial charge in [0.15, 0.2) is 5.96 Å². The van der Waals surface area contributed by atoms with Crippen molar-refractivity contribution in [3.05, 3.63) is 12.7 Å². The molecule has 6 nitrogen and oxygen atoms in total. The van der Waals surface area contributed by atoms with Crippen LogP contribution in [-0.2, 0) is 9.53 Å². The van der Waals surface area contributed by atoms with Crippen LogP contribution in [0.2, 0.25) is 0 Å². The van der Waals surface area contributed by atoms with Gasteiger partial charge in [-0.2, -0.15) is 0 Å². The molecule has 0 saturated heterocycles. The first-order valence-corrected chi connectivity index (χ1v) is 8.35. The number of hydrogen-bond donors (Lipinski definition) is 2. The van der Waals surface area contributed by atoms with Crippen LogP contribution in [0, 0.1) is 5.41 Å². The van der Waals surface area contributed by atoms with Crippen molar-refractivity contribution in [1.29, 1.82) is 0 Å². The highest BCUT2D eigenvalue weighted by molar-refractivity contribution is 5.84. The SMILES string of the molecule is C=CCNC(=NCC(=O)N(C)C)NCC1(CCOC)CCCC1. The largest absolute Gasteiger partial charge is 0.385 e. The van der Waals surface area contributed by atoms with Crippen molar-refractivity contribution in [2.45, 2.75) is 32.1 Å². The number of nitrogens with zero attached hydrogens (tertiary/aromatic N) is 2. The molecular weight excluding hydrogens is 292 g/mol. The average molecular weight is 324 g/mol. The van der Waals surface area contributed by atoms with Gasteiger partial charge in [-0.05, 0) is 24.7 Å². The number of carbonyl (C=O) groups is 1. The van der Waals surface area contributed by atoms with E-state index in [2.05, 4.69) is 22.2 Å². The fourth-order valence-electron chi connectivity index (χ4n) is 2.86. The van der Waals surface area contributed by atoms with Crippen LogP contribution in [0.1, 0.15) is 32.1 Å². The molecular formula is C17H32N4O2. The topological polar surface area (TPSA) is 66.0 Å². The van der Waals surface area contributed by atoms with Gasteiger partial charge in [0.1, 0.15) is 6.54 Å². The Bertz CT molecular complexity index is 401. The molecule has 0 aromatic heterocycles. The third-order valence-corrected chi connectivity index (χ3v) is 4.42. The highest BCUT2D eigenvalue weighted by atomic mass is 16.5. The lowest BCUT2D eigenvalue weighted by Crippen LogP contribution is -2.44. The summed E-state index contributed by atoms with van der Waals surface area (Å²) < 4.78 is 5.27. The molecule has 0 aromatic carbocycles. The van der Waals surface area contributed by atoms with Crippen LogP contribution in [0.3, 0.4) is 0 Å². The minimum absolute atomic E-state index is 0.0142. The molecule has 23 heavy (non-hydrogen) atoms. The molecule has 6 heteroatoms. The summed E-state index contributed by atoms with van der Waals surface area (Å²) in [6.45, 7) is 6.11. The first-order valence-electron chi connectivity index (χ1n) is 8.35. The van der Waals surface area contributed by atoms with Crippen molar-refractivity contribution in [2.24, 2.45) is 10.4 Å². The van der Waals surface area contributed by atoms with E-state index in [4.69, 9.17) is 4.74 Å². The van der Waals surface area contributed by atoms with Crippen molar-refractivity contribution < 1.29 is 9.53 Å². The van der Waals surface area contributed by atoms with Crippen molar-refractivity contribution in [1.82, 2.24) is 15.5 Å². The van der Waals surface area contributed by atoms with Gasteiger partial charge in [0, 0.05) is 40.9 Å². The van der Waals surface area contributed by atoms with E-state index in [9.17, 15) is 4.79 Å².